The van der Waals surface area contributed by atoms with Crippen LogP contribution in [-0.4, -0.2) is 25.4 Å². The van der Waals surface area contributed by atoms with Crippen LogP contribution in [0.2, 0.25) is 0 Å². The van der Waals surface area contributed by atoms with Crippen molar-refractivity contribution in [1.82, 2.24) is 0 Å². The van der Waals surface area contributed by atoms with E-state index in [1.807, 2.05) is 0 Å². The lowest BCUT2D eigenvalue weighted by Crippen LogP contribution is -2.25. The molecule has 2 rings (SSSR count). The van der Waals surface area contributed by atoms with Crippen molar-refractivity contribution < 1.29 is 17.9 Å². The van der Waals surface area contributed by atoms with E-state index in [4.69, 9.17) is 5.11 Å². The minimum Gasteiger partial charge on any atom is -0.395 e. The average molecular weight is 311 g/mol. The fourth-order valence-electron chi connectivity index (χ4n) is 2.33. The average Bonchev–Trinajstić information content (AvgIpc) is 2.97. The standard InChI is InChI=1S/C15H18FNO3S/c16-14-11-12(5-3-4-10-18)8-9-15(14)17-21(19,20)13-6-1-2-7-13/h8-9,11,13,17-18H,1-2,4,6-7,10H2. The van der Waals surface area contributed by atoms with Crippen LogP contribution in [0.4, 0.5) is 10.1 Å². The normalized spacial score (nSPS) is 15.5. The molecule has 0 spiro atoms. The van der Waals surface area contributed by atoms with Gasteiger partial charge in [-0.2, -0.15) is 0 Å². The first-order valence-electron chi connectivity index (χ1n) is 6.94. The van der Waals surface area contributed by atoms with Gasteiger partial charge in [-0.25, -0.2) is 12.8 Å². The van der Waals surface area contributed by atoms with Crippen LogP contribution in [0, 0.1) is 17.7 Å². The summed E-state index contributed by atoms with van der Waals surface area (Å²) in [6, 6.07) is 4.13. The number of anilines is 1. The quantitative estimate of drug-likeness (QED) is 0.838. The lowest BCUT2D eigenvalue weighted by molar-refractivity contribution is 0.305. The second-order valence-corrected chi connectivity index (χ2v) is 6.98. The van der Waals surface area contributed by atoms with Crippen LogP contribution in [0.3, 0.4) is 0 Å². The Kier molecular flexibility index (Phi) is 5.21. The molecule has 0 atom stereocenters. The maximum atomic E-state index is 13.9. The molecule has 1 aromatic rings. The van der Waals surface area contributed by atoms with Gasteiger partial charge in [-0.3, -0.25) is 4.72 Å². The van der Waals surface area contributed by atoms with Crippen molar-refractivity contribution in [1.29, 1.82) is 0 Å². The molecular formula is C15H18FNO3S. The zero-order valence-electron chi connectivity index (χ0n) is 11.6. The Hall–Kier alpha value is -1.58. The van der Waals surface area contributed by atoms with Crippen LogP contribution < -0.4 is 4.72 Å². The molecule has 6 heteroatoms. The summed E-state index contributed by atoms with van der Waals surface area (Å²) in [6.45, 7) is -0.0469. The van der Waals surface area contributed by atoms with E-state index in [2.05, 4.69) is 16.6 Å². The summed E-state index contributed by atoms with van der Waals surface area (Å²) >= 11 is 0. The minimum absolute atomic E-state index is 0.0467. The molecule has 1 aromatic carbocycles. The predicted octanol–water partition coefficient (Wildman–Crippen LogP) is 2.24. The van der Waals surface area contributed by atoms with E-state index >= 15 is 0 Å². The Labute approximate surface area is 124 Å². The van der Waals surface area contributed by atoms with Gasteiger partial charge in [-0.1, -0.05) is 24.7 Å². The van der Waals surface area contributed by atoms with E-state index < -0.39 is 21.1 Å². The molecule has 0 amide bonds. The number of benzene rings is 1. The molecule has 0 bridgehead atoms. The van der Waals surface area contributed by atoms with Gasteiger partial charge in [-0.05, 0) is 31.0 Å². The number of aliphatic hydroxyl groups is 1. The van der Waals surface area contributed by atoms with E-state index in [1.165, 1.54) is 12.1 Å². The van der Waals surface area contributed by atoms with E-state index in [-0.39, 0.29) is 12.3 Å². The lowest BCUT2D eigenvalue weighted by Gasteiger charge is -2.13. The van der Waals surface area contributed by atoms with Crippen LogP contribution in [0.5, 0.6) is 0 Å². The van der Waals surface area contributed by atoms with Crippen molar-refractivity contribution >= 4 is 15.7 Å². The molecule has 1 saturated carbocycles. The van der Waals surface area contributed by atoms with Gasteiger partial charge in [-0.15, -0.1) is 0 Å². The van der Waals surface area contributed by atoms with Crippen molar-refractivity contribution in [2.45, 2.75) is 37.4 Å². The smallest absolute Gasteiger partial charge is 0.235 e. The van der Waals surface area contributed by atoms with E-state index in [1.54, 1.807) is 6.07 Å². The molecule has 4 nitrogen and oxygen atoms in total. The Morgan fingerprint density at radius 3 is 2.67 bits per heavy atom. The van der Waals surface area contributed by atoms with Crippen molar-refractivity contribution in [3.05, 3.63) is 29.6 Å². The third-order valence-corrected chi connectivity index (χ3v) is 5.29. The number of hydrogen-bond acceptors (Lipinski definition) is 3. The Morgan fingerprint density at radius 1 is 1.33 bits per heavy atom. The van der Waals surface area contributed by atoms with Crippen molar-refractivity contribution in [2.24, 2.45) is 0 Å². The maximum absolute atomic E-state index is 13.9. The van der Waals surface area contributed by atoms with Gasteiger partial charge < -0.3 is 5.11 Å². The van der Waals surface area contributed by atoms with Crippen molar-refractivity contribution in [3.63, 3.8) is 0 Å². The van der Waals surface area contributed by atoms with Gasteiger partial charge in [0.15, 0.2) is 0 Å². The number of nitrogens with one attached hydrogen (secondary N) is 1. The van der Waals surface area contributed by atoms with Crippen LogP contribution in [0.1, 0.15) is 37.7 Å². The van der Waals surface area contributed by atoms with Gasteiger partial charge in [0.2, 0.25) is 10.0 Å². The van der Waals surface area contributed by atoms with Gasteiger partial charge in [0.1, 0.15) is 5.82 Å². The molecular weight excluding hydrogens is 293 g/mol. The molecule has 0 unspecified atom stereocenters. The van der Waals surface area contributed by atoms with Crippen LogP contribution in [-0.2, 0) is 10.0 Å². The molecule has 1 aliphatic rings. The predicted molar refractivity (Wildman–Crippen MR) is 79.8 cm³/mol. The highest BCUT2D eigenvalue weighted by Gasteiger charge is 2.29. The summed E-state index contributed by atoms with van der Waals surface area (Å²) in [4.78, 5) is 0. The molecule has 21 heavy (non-hydrogen) atoms. The molecule has 0 aromatic heterocycles. The van der Waals surface area contributed by atoms with Crippen LogP contribution in [0.15, 0.2) is 18.2 Å². The zero-order chi connectivity index (χ0) is 15.3. The molecule has 0 aliphatic heterocycles. The molecule has 114 valence electrons. The second-order valence-electron chi connectivity index (χ2n) is 5.02. The molecule has 1 fully saturated rings. The SMILES string of the molecule is O=S(=O)(Nc1ccc(C#CCCO)cc1F)C1CCCC1. The van der Waals surface area contributed by atoms with Crippen LogP contribution >= 0.6 is 0 Å². The first kappa shape index (κ1) is 15.8. The van der Waals surface area contributed by atoms with Crippen LogP contribution in [0.25, 0.3) is 0 Å². The first-order chi connectivity index (χ1) is 10.0. The number of sulfonamides is 1. The van der Waals surface area contributed by atoms with Crippen molar-refractivity contribution in [2.75, 3.05) is 11.3 Å². The fraction of sp³-hybridized carbons (Fsp3) is 0.467. The van der Waals surface area contributed by atoms with E-state index in [9.17, 15) is 12.8 Å². The first-order valence-corrected chi connectivity index (χ1v) is 8.48. The number of halogens is 1. The molecule has 1 aliphatic carbocycles. The number of aliphatic hydroxyl groups excluding tert-OH is 1. The zero-order valence-corrected chi connectivity index (χ0v) is 12.4. The highest BCUT2D eigenvalue weighted by molar-refractivity contribution is 7.93. The topological polar surface area (TPSA) is 66.4 Å². The largest absolute Gasteiger partial charge is 0.395 e. The monoisotopic (exact) mass is 311 g/mol. The van der Waals surface area contributed by atoms with Gasteiger partial charge in [0.05, 0.1) is 17.5 Å². The minimum atomic E-state index is -3.53. The Balaban J connectivity index is 2.13. The lowest BCUT2D eigenvalue weighted by atomic mass is 10.2. The Morgan fingerprint density at radius 2 is 2.05 bits per heavy atom. The maximum Gasteiger partial charge on any atom is 0.235 e. The Bertz CT molecular complexity index is 655. The molecule has 0 saturated heterocycles. The molecule has 2 N–H and O–H groups in total. The summed E-state index contributed by atoms with van der Waals surface area (Å²) < 4.78 is 40.5. The van der Waals surface area contributed by atoms with Gasteiger partial charge in [0.25, 0.3) is 0 Å². The summed E-state index contributed by atoms with van der Waals surface area (Å²) in [5.41, 5.74) is 0.402. The number of hydrogen-bond donors (Lipinski definition) is 2. The third kappa shape index (κ3) is 4.19. The highest BCUT2D eigenvalue weighted by Crippen LogP contribution is 2.27. The third-order valence-electron chi connectivity index (χ3n) is 3.43. The summed E-state index contributed by atoms with van der Waals surface area (Å²) in [5.74, 6) is 4.74. The van der Waals surface area contributed by atoms with Gasteiger partial charge in [0, 0.05) is 12.0 Å². The second kappa shape index (κ2) is 6.92. The summed E-state index contributed by atoms with van der Waals surface area (Å²) in [6.07, 6.45) is 3.36. The summed E-state index contributed by atoms with van der Waals surface area (Å²) in [7, 11) is -3.53. The van der Waals surface area contributed by atoms with Crippen molar-refractivity contribution in [3.8, 4) is 11.8 Å². The molecule has 0 radical (unpaired) electrons. The van der Waals surface area contributed by atoms with Gasteiger partial charge >= 0.3 is 0 Å². The fourth-order valence-corrected chi connectivity index (χ4v) is 3.92. The molecule has 0 heterocycles. The summed E-state index contributed by atoms with van der Waals surface area (Å²) in [5, 5.41) is 8.19. The van der Waals surface area contributed by atoms with E-state index in [0.717, 1.165) is 12.8 Å². The number of rotatable bonds is 4. The van der Waals surface area contributed by atoms with E-state index in [0.29, 0.717) is 24.8 Å². The highest BCUT2D eigenvalue weighted by atomic mass is 32.2.